The van der Waals surface area contributed by atoms with Crippen molar-refractivity contribution in [2.24, 2.45) is 4.99 Å². The third-order valence-corrected chi connectivity index (χ3v) is 5.31. The predicted octanol–water partition coefficient (Wildman–Crippen LogP) is 1.16. The first-order chi connectivity index (χ1) is 8.57. The highest BCUT2D eigenvalue weighted by Crippen LogP contribution is 2.23. The Balaban J connectivity index is 3.08. The molecular formula is C11H17N3O3S. The van der Waals surface area contributed by atoms with Gasteiger partial charge < -0.3 is 0 Å². The molecule has 0 radical (unpaired) electrons. The highest BCUT2D eigenvalue weighted by Gasteiger charge is 2.36. The first-order valence-electron chi connectivity index (χ1n) is 6.05. The van der Waals surface area contributed by atoms with E-state index in [-0.39, 0.29) is 6.42 Å². The van der Waals surface area contributed by atoms with Crippen molar-refractivity contribution in [3.05, 3.63) is 0 Å². The summed E-state index contributed by atoms with van der Waals surface area (Å²) in [4.78, 5) is 14.0. The van der Waals surface area contributed by atoms with E-state index in [0.29, 0.717) is 13.0 Å². The Bertz CT molecular complexity index is 462. The van der Waals surface area contributed by atoms with Gasteiger partial charge in [0, 0.05) is 6.54 Å². The molecule has 1 saturated heterocycles. The van der Waals surface area contributed by atoms with Crippen LogP contribution in [0.15, 0.2) is 4.99 Å². The minimum Gasteiger partial charge on any atom is -0.211 e. The van der Waals surface area contributed by atoms with E-state index in [1.165, 1.54) is 10.4 Å². The Labute approximate surface area is 107 Å². The Morgan fingerprint density at radius 1 is 1.44 bits per heavy atom. The van der Waals surface area contributed by atoms with Crippen molar-refractivity contribution in [2.45, 2.75) is 50.4 Å². The molecule has 0 aromatic heterocycles. The predicted molar refractivity (Wildman–Crippen MR) is 65.7 cm³/mol. The standard InChI is InChI=1S/C11H17N3O3S/c1-2-10(8-12)18(16,17)14-7-5-3-4-6-11(14)13-9-15/h10-11H,2-7H2,1H3. The molecule has 100 valence electrons. The topological polar surface area (TPSA) is 90.6 Å². The molecule has 1 rings (SSSR count). The number of hydrogen-bond donors (Lipinski definition) is 0. The molecule has 7 heteroatoms. The zero-order valence-electron chi connectivity index (χ0n) is 10.4. The number of sulfonamides is 1. The van der Waals surface area contributed by atoms with Crippen molar-refractivity contribution in [1.82, 2.24) is 4.31 Å². The van der Waals surface area contributed by atoms with Crippen LogP contribution in [0.2, 0.25) is 0 Å². The quantitative estimate of drug-likeness (QED) is 0.566. The first-order valence-corrected chi connectivity index (χ1v) is 7.55. The first kappa shape index (κ1) is 14.8. The highest BCUT2D eigenvalue weighted by molar-refractivity contribution is 7.90. The normalized spacial score (nSPS) is 23.4. The molecule has 0 aliphatic carbocycles. The molecule has 0 N–H and O–H groups in total. The van der Waals surface area contributed by atoms with Crippen LogP contribution in [0.25, 0.3) is 0 Å². The molecule has 1 fully saturated rings. The summed E-state index contributed by atoms with van der Waals surface area (Å²) in [6, 6.07) is 1.80. The summed E-state index contributed by atoms with van der Waals surface area (Å²) in [5.41, 5.74) is 0. The Morgan fingerprint density at radius 3 is 2.72 bits per heavy atom. The van der Waals surface area contributed by atoms with Gasteiger partial charge in [-0.2, -0.15) is 14.6 Å². The maximum atomic E-state index is 12.3. The molecule has 1 heterocycles. The molecule has 1 aliphatic rings. The largest absolute Gasteiger partial charge is 0.236 e. The van der Waals surface area contributed by atoms with Crippen LogP contribution in [0.1, 0.15) is 39.0 Å². The van der Waals surface area contributed by atoms with Gasteiger partial charge in [-0.1, -0.05) is 13.3 Å². The fraction of sp³-hybridized carbons (Fsp3) is 0.818. The maximum absolute atomic E-state index is 12.3. The second kappa shape index (κ2) is 6.64. The van der Waals surface area contributed by atoms with Gasteiger partial charge >= 0.3 is 0 Å². The Morgan fingerprint density at radius 2 is 2.17 bits per heavy atom. The van der Waals surface area contributed by atoms with E-state index in [1.807, 2.05) is 0 Å². The zero-order valence-corrected chi connectivity index (χ0v) is 11.2. The Hall–Kier alpha value is -1.22. The summed E-state index contributed by atoms with van der Waals surface area (Å²) < 4.78 is 25.8. The summed E-state index contributed by atoms with van der Waals surface area (Å²) in [6.07, 6.45) is 3.93. The molecular weight excluding hydrogens is 254 g/mol. The second-order valence-electron chi connectivity index (χ2n) is 4.23. The number of rotatable bonds is 4. The SMILES string of the molecule is CCC(C#N)S(=O)(=O)N1CCCCCC1N=C=O. The van der Waals surface area contributed by atoms with Crippen LogP contribution in [0.4, 0.5) is 0 Å². The van der Waals surface area contributed by atoms with Crippen molar-refractivity contribution < 1.29 is 13.2 Å². The fourth-order valence-corrected chi connectivity index (χ4v) is 3.84. The summed E-state index contributed by atoms with van der Waals surface area (Å²) in [5.74, 6) is 0. The lowest BCUT2D eigenvalue weighted by Gasteiger charge is -2.26. The number of hydrogen-bond acceptors (Lipinski definition) is 5. The van der Waals surface area contributed by atoms with Crippen molar-refractivity contribution in [3.8, 4) is 6.07 Å². The number of aliphatic imine (C=N–C) groups is 1. The number of isocyanates is 1. The lowest BCUT2D eigenvalue weighted by atomic mass is 10.2. The van der Waals surface area contributed by atoms with Crippen LogP contribution < -0.4 is 0 Å². The van der Waals surface area contributed by atoms with Crippen LogP contribution in [0, 0.1) is 11.3 Å². The fourth-order valence-electron chi connectivity index (χ4n) is 2.08. The van der Waals surface area contributed by atoms with Gasteiger partial charge in [0.15, 0.2) is 5.25 Å². The molecule has 1 aliphatic heterocycles. The summed E-state index contributed by atoms with van der Waals surface area (Å²) in [7, 11) is -3.72. The third-order valence-electron chi connectivity index (χ3n) is 3.08. The number of nitriles is 1. The van der Waals surface area contributed by atoms with Crippen molar-refractivity contribution in [1.29, 1.82) is 5.26 Å². The molecule has 0 spiro atoms. The van der Waals surface area contributed by atoms with Gasteiger partial charge in [-0.25, -0.2) is 13.2 Å². The number of carbonyl (C=O) groups excluding carboxylic acids is 1. The minimum atomic E-state index is -3.72. The summed E-state index contributed by atoms with van der Waals surface area (Å²) >= 11 is 0. The van der Waals surface area contributed by atoms with Crippen molar-refractivity contribution >= 4 is 16.1 Å². The van der Waals surface area contributed by atoms with Gasteiger partial charge in [-0.3, -0.25) is 0 Å². The van der Waals surface area contributed by atoms with Crippen molar-refractivity contribution in [2.75, 3.05) is 6.54 Å². The van der Waals surface area contributed by atoms with Crippen LogP contribution in [0.5, 0.6) is 0 Å². The van der Waals surface area contributed by atoms with Gasteiger partial charge in [0.2, 0.25) is 16.1 Å². The van der Waals surface area contributed by atoms with Gasteiger partial charge in [0.05, 0.1) is 6.07 Å². The lowest BCUT2D eigenvalue weighted by molar-refractivity contribution is 0.328. The van der Waals surface area contributed by atoms with E-state index in [1.54, 1.807) is 13.0 Å². The van der Waals surface area contributed by atoms with E-state index in [2.05, 4.69) is 4.99 Å². The second-order valence-corrected chi connectivity index (χ2v) is 6.30. The third kappa shape index (κ3) is 3.16. The molecule has 6 nitrogen and oxygen atoms in total. The van der Waals surface area contributed by atoms with Crippen LogP contribution in [-0.4, -0.2) is 36.8 Å². The van der Waals surface area contributed by atoms with E-state index < -0.39 is 21.4 Å². The van der Waals surface area contributed by atoms with E-state index >= 15 is 0 Å². The molecule has 0 bridgehead atoms. The molecule has 0 aromatic rings. The minimum absolute atomic E-state index is 0.229. The number of nitrogens with zero attached hydrogens (tertiary/aromatic N) is 3. The van der Waals surface area contributed by atoms with E-state index in [4.69, 9.17) is 5.26 Å². The summed E-state index contributed by atoms with van der Waals surface area (Å²) in [6.45, 7) is 1.97. The highest BCUT2D eigenvalue weighted by atomic mass is 32.2. The Kier molecular flexibility index (Phi) is 5.48. The van der Waals surface area contributed by atoms with Gasteiger partial charge in [-0.05, 0) is 25.7 Å². The lowest BCUT2D eigenvalue weighted by Crippen LogP contribution is -2.43. The molecule has 0 saturated carbocycles. The van der Waals surface area contributed by atoms with Gasteiger partial charge in [-0.15, -0.1) is 0 Å². The van der Waals surface area contributed by atoms with Gasteiger partial charge in [0.25, 0.3) is 0 Å². The average Bonchev–Trinajstić information content (AvgIpc) is 2.56. The van der Waals surface area contributed by atoms with Gasteiger partial charge in [0.1, 0.15) is 6.17 Å². The van der Waals surface area contributed by atoms with E-state index in [9.17, 15) is 13.2 Å². The van der Waals surface area contributed by atoms with E-state index in [0.717, 1.165) is 19.3 Å². The molecule has 0 amide bonds. The zero-order chi connectivity index (χ0) is 13.6. The molecule has 2 atom stereocenters. The smallest absolute Gasteiger partial charge is 0.211 e. The monoisotopic (exact) mass is 271 g/mol. The maximum Gasteiger partial charge on any atom is 0.236 e. The molecule has 18 heavy (non-hydrogen) atoms. The van der Waals surface area contributed by atoms with Crippen LogP contribution >= 0.6 is 0 Å². The van der Waals surface area contributed by atoms with Crippen LogP contribution in [-0.2, 0) is 14.8 Å². The average molecular weight is 271 g/mol. The van der Waals surface area contributed by atoms with Crippen molar-refractivity contribution in [3.63, 3.8) is 0 Å². The van der Waals surface area contributed by atoms with Crippen LogP contribution in [0.3, 0.4) is 0 Å². The molecule has 2 unspecified atom stereocenters. The molecule has 0 aromatic carbocycles. The summed E-state index contributed by atoms with van der Waals surface area (Å²) in [5, 5.41) is 7.85.